The quantitative estimate of drug-likeness (QED) is 0.754. The number of carbonyl (C=O) groups is 1. The summed E-state index contributed by atoms with van der Waals surface area (Å²) < 4.78 is 0. The Balaban J connectivity index is 1.66. The van der Waals surface area contributed by atoms with Crippen LogP contribution in [0, 0.1) is 0 Å². The largest absolute Gasteiger partial charge is 0.313 e. The van der Waals surface area contributed by atoms with Crippen molar-refractivity contribution >= 4 is 17.1 Å². The molecule has 0 bridgehead atoms. The highest BCUT2D eigenvalue weighted by Crippen LogP contribution is 2.06. The van der Waals surface area contributed by atoms with Crippen molar-refractivity contribution in [3.63, 3.8) is 0 Å². The fraction of sp³-hybridized carbons (Fsp3) is 0.636. The van der Waals surface area contributed by atoms with Gasteiger partial charge in [-0.25, -0.2) is 4.98 Å². The molecule has 0 spiro atoms. The zero-order chi connectivity index (χ0) is 11.2. The van der Waals surface area contributed by atoms with Crippen LogP contribution in [0.1, 0.15) is 29.1 Å². The van der Waals surface area contributed by atoms with Gasteiger partial charge in [-0.15, -0.1) is 11.3 Å². The van der Waals surface area contributed by atoms with Gasteiger partial charge in [0.15, 0.2) is 5.01 Å². The summed E-state index contributed by atoms with van der Waals surface area (Å²) in [5.41, 5.74) is 0. The molecule has 1 saturated heterocycles. The zero-order valence-corrected chi connectivity index (χ0v) is 10.1. The first-order valence-electron chi connectivity index (χ1n) is 5.73. The van der Waals surface area contributed by atoms with Gasteiger partial charge < -0.3 is 10.6 Å². The molecule has 16 heavy (non-hydrogen) atoms. The Morgan fingerprint density at radius 1 is 1.62 bits per heavy atom. The zero-order valence-electron chi connectivity index (χ0n) is 9.24. The van der Waals surface area contributed by atoms with Crippen LogP contribution in [-0.4, -0.2) is 36.4 Å². The first-order chi connectivity index (χ1) is 7.86. The molecular weight excluding hydrogens is 222 g/mol. The van der Waals surface area contributed by atoms with E-state index in [0.717, 1.165) is 13.1 Å². The van der Waals surface area contributed by atoms with Crippen molar-refractivity contribution in [3.05, 3.63) is 16.6 Å². The van der Waals surface area contributed by atoms with Gasteiger partial charge in [0.2, 0.25) is 5.78 Å². The first-order valence-corrected chi connectivity index (χ1v) is 6.61. The lowest BCUT2D eigenvalue weighted by Crippen LogP contribution is -2.42. The molecule has 0 saturated carbocycles. The summed E-state index contributed by atoms with van der Waals surface area (Å²) in [6, 6.07) is 0.526. The van der Waals surface area contributed by atoms with E-state index in [9.17, 15) is 4.79 Å². The van der Waals surface area contributed by atoms with Gasteiger partial charge in [0.25, 0.3) is 0 Å². The van der Waals surface area contributed by atoms with Gasteiger partial charge in [-0.1, -0.05) is 6.42 Å². The summed E-state index contributed by atoms with van der Waals surface area (Å²) >= 11 is 1.40. The van der Waals surface area contributed by atoms with Crippen LogP contribution in [0.4, 0.5) is 0 Å². The summed E-state index contributed by atoms with van der Waals surface area (Å²) in [4.78, 5) is 15.6. The second-order valence-electron chi connectivity index (χ2n) is 4.04. The van der Waals surface area contributed by atoms with E-state index in [1.165, 1.54) is 30.6 Å². The number of rotatable bonds is 5. The molecule has 2 heterocycles. The summed E-state index contributed by atoms with van der Waals surface area (Å²) in [7, 11) is 0. The molecule has 0 aliphatic carbocycles. The van der Waals surface area contributed by atoms with Gasteiger partial charge in [0.05, 0.1) is 6.54 Å². The SMILES string of the molecule is O=C(CNC[C@@H]1CCCCN1)c1nccs1. The molecule has 0 radical (unpaired) electrons. The van der Waals surface area contributed by atoms with Gasteiger partial charge in [0.1, 0.15) is 0 Å². The van der Waals surface area contributed by atoms with Crippen LogP contribution in [-0.2, 0) is 0 Å². The van der Waals surface area contributed by atoms with E-state index in [-0.39, 0.29) is 5.78 Å². The van der Waals surface area contributed by atoms with Crippen LogP contribution in [0.3, 0.4) is 0 Å². The number of carbonyl (C=O) groups excluding carboxylic acids is 1. The number of nitrogens with one attached hydrogen (secondary N) is 2. The van der Waals surface area contributed by atoms with Crippen molar-refractivity contribution < 1.29 is 4.79 Å². The van der Waals surface area contributed by atoms with E-state index < -0.39 is 0 Å². The lowest BCUT2D eigenvalue weighted by Gasteiger charge is -2.23. The predicted octanol–water partition coefficient (Wildman–Crippen LogP) is 1.06. The molecule has 4 nitrogen and oxygen atoms in total. The Labute approximate surface area is 99.5 Å². The highest BCUT2D eigenvalue weighted by molar-refractivity contribution is 7.11. The van der Waals surface area contributed by atoms with Crippen LogP contribution in [0.5, 0.6) is 0 Å². The average Bonchev–Trinajstić information content (AvgIpc) is 2.84. The number of Topliss-reactive ketones (excluding diaryl/α,β-unsaturated/α-hetero) is 1. The number of nitrogens with zero attached hydrogens (tertiary/aromatic N) is 1. The summed E-state index contributed by atoms with van der Waals surface area (Å²) in [6.45, 7) is 2.37. The Bertz CT molecular complexity index is 320. The second kappa shape index (κ2) is 6.08. The third-order valence-corrected chi connectivity index (χ3v) is 3.57. The van der Waals surface area contributed by atoms with E-state index in [1.54, 1.807) is 6.20 Å². The highest BCUT2D eigenvalue weighted by atomic mass is 32.1. The number of hydrogen-bond donors (Lipinski definition) is 2. The summed E-state index contributed by atoms with van der Waals surface area (Å²) in [6.07, 6.45) is 5.44. The Morgan fingerprint density at radius 3 is 3.25 bits per heavy atom. The second-order valence-corrected chi connectivity index (χ2v) is 4.93. The van der Waals surface area contributed by atoms with Crippen LogP contribution < -0.4 is 10.6 Å². The number of thiazole rings is 1. The molecule has 0 unspecified atom stereocenters. The van der Waals surface area contributed by atoms with E-state index in [1.807, 2.05) is 5.38 Å². The summed E-state index contributed by atoms with van der Waals surface area (Å²) in [5, 5.41) is 9.07. The van der Waals surface area contributed by atoms with E-state index >= 15 is 0 Å². The average molecular weight is 239 g/mol. The molecule has 1 aliphatic heterocycles. The molecule has 1 atom stereocenters. The maximum absolute atomic E-state index is 11.6. The van der Waals surface area contributed by atoms with Gasteiger partial charge in [-0.05, 0) is 19.4 Å². The molecule has 88 valence electrons. The minimum absolute atomic E-state index is 0.0887. The van der Waals surface area contributed by atoms with E-state index in [0.29, 0.717) is 17.6 Å². The van der Waals surface area contributed by atoms with Crippen LogP contribution in [0.25, 0.3) is 0 Å². The van der Waals surface area contributed by atoms with E-state index in [2.05, 4.69) is 15.6 Å². The van der Waals surface area contributed by atoms with Crippen LogP contribution in [0.15, 0.2) is 11.6 Å². The smallest absolute Gasteiger partial charge is 0.205 e. The van der Waals surface area contributed by atoms with E-state index in [4.69, 9.17) is 0 Å². The van der Waals surface area contributed by atoms with Crippen molar-refractivity contribution in [2.75, 3.05) is 19.6 Å². The number of aromatic nitrogens is 1. The number of piperidine rings is 1. The molecule has 0 amide bonds. The Morgan fingerprint density at radius 2 is 2.56 bits per heavy atom. The molecule has 1 aromatic rings. The third-order valence-electron chi connectivity index (χ3n) is 2.76. The highest BCUT2D eigenvalue weighted by Gasteiger charge is 2.13. The lowest BCUT2D eigenvalue weighted by atomic mass is 10.1. The monoisotopic (exact) mass is 239 g/mol. The normalized spacial score (nSPS) is 20.9. The number of ketones is 1. The predicted molar refractivity (Wildman–Crippen MR) is 65.0 cm³/mol. The molecule has 2 N–H and O–H groups in total. The molecule has 5 heteroatoms. The Hall–Kier alpha value is -0.780. The maximum atomic E-state index is 11.6. The van der Waals surface area contributed by atoms with Crippen LogP contribution in [0.2, 0.25) is 0 Å². The molecular formula is C11H17N3OS. The van der Waals surface area contributed by atoms with Gasteiger partial charge in [0, 0.05) is 24.2 Å². The maximum Gasteiger partial charge on any atom is 0.205 e. The topological polar surface area (TPSA) is 54.0 Å². The minimum Gasteiger partial charge on any atom is -0.313 e. The molecule has 1 fully saturated rings. The third kappa shape index (κ3) is 3.37. The van der Waals surface area contributed by atoms with Crippen molar-refractivity contribution in [1.82, 2.24) is 15.6 Å². The first kappa shape index (κ1) is 11.7. The molecule has 1 aromatic heterocycles. The fourth-order valence-corrected chi connectivity index (χ4v) is 2.47. The van der Waals surface area contributed by atoms with Gasteiger partial charge in [-0.3, -0.25) is 4.79 Å². The minimum atomic E-state index is 0.0887. The summed E-state index contributed by atoms with van der Waals surface area (Å²) in [5.74, 6) is 0.0887. The van der Waals surface area contributed by atoms with Gasteiger partial charge in [-0.2, -0.15) is 0 Å². The Kier molecular flexibility index (Phi) is 4.44. The van der Waals surface area contributed by atoms with Crippen molar-refractivity contribution in [1.29, 1.82) is 0 Å². The van der Waals surface area contributed by atoms with Crippen LogP contribution >= 0.6 is 11.3 Å². The fourth-order valence-electron chi connectivity index (χ4n) is 1.89. The lowest BCUT2D eigenvalue weighted by molar-refractivity contribution is 0.0989. The molecule has 1 aliphatic rings. The van der Waals surface area contributed by atoms with Crippen molar-refractivity contribution in [2.24, 2.45) is 0 Å². The standard InChI is InChI=1S/C11H17N3OS/c15-10(11-14-5-6-16-11)8-12-7-9-3-1-2-4-13-9/h5-6,9,12-13H,1-4,7-8H2/t9-/m0/s1. The number of hydrogen-bond acceptors (Lipinski definition) is 5. The molecule has 2 rings (SSSR count). The van der Waals surface area contributed by atoms with Crippen molar-refractivity contribution in [2.45, 2.75) is 25.3 Å². The van der Waals surface area contributed by atoms with Crippen molar-refractivity contribution in [3.8, 4) is 0 Å². The molecule has 0 aromatic carbocycles. The van der Waals surface area contributed by atoms with Gasteiger partial charge >= 0.3 is 0 Å².